The van der Waals surface area contributed by atoms with E-state index in [1.165, 1.54) is 5.32 Å². The summed E-state index contributed by atoms with van der Waals surface area (Å²) in [6, 6.07) is 0.183. The number of hydrogen-bond donors (Lipinski definition) is 2. The minimum Gasteiger partial charge on any atom is -0.345 e. The van der Waals surface area contributed by atoms with Crippen molar-refractivity contribution < 1.29 is 66.7 Å². The minimum absolute atomic E-state index is 0.0226. The zero-order valence-corrected chi connectivity index (χ0v) is 22.1. The fourth-order valence-electron chi connectivity index (χ4n) is 3.38. The van der Waals surface area contributed by atoms with Gasteiger partial charge in [0.15, 0.2) is 0 Å². The van der Waals surface area contributed by atoms with Crippen molar-refractivity contribution in [2.75, 3.05) is 6.54 Å². The molecule has 0 spiro atoms. The second-order valence-corrected chi connectivity index (χ2v) is 9.41. The lowest BCUT2D eigenvalue weighted by Gasteiger charge is -2.20. The van der Waals surface area contributed by atoms with E-state index in [0.717, 1.165) is 6.92 Å². The third-order valence-electron chi connectivity index (χ3n) is 5.37. The highest BCUT2D eigenvalue weighted by Crippen LogP contribution is 2.42. The van der Waals surface area contributed by atoms with Crippen LogP contribution in [0.4, 0.5) is 57.1 Å². The Hall–Kier alpha value is -3.31. The van der Waals surface area contributed by atoms with Gasteiger partial charge in [-0.1, -0.05) is 28.1 Å². The molecule has 0 saturated carbocycles. The van der Waals surface area contributed by atoms with Gasteiger partial charge in [-0.3, -0.25) is 9.59 Å². The molecule has 0 aromatic heterocycles. The molecule has 0 bridgehead atoms. The summed E-state index contributed by atoms with van der Waals surface area (Å²) in [4.78, 5) is 24.1. The number of rotatable bonds is 7. The average Bonchev–Trinajstić information content (AvgIpc) is 2.82. The molecule has 0 aliphatic heterocycles. The number of hydrogen-bond acceptors (Lipinski definition) is 2. The van der Waals surface area contributed by atoms with Gasteiger partial charge in [0.25, 0.3) is 5.91 Å². The van der Waals surface area contributed by atoms with Gasteiger partial charge in [0, 0.05) is 10.0 Å². The Morgan fingerprint density at radius 3 is 1.90 bits per heavy atom. The predicted octanol–water partition coefficient (Wildman–Crippen LogP) is 7.94. The lowest BCUT2D eigenvalue weighted by Crippen LogP contribution is -2.47. The fourth-order valence-corrected chi connectivity index (χ4v) is 4.00. The van der Waals surface area contributed by atoms with Crippen LogP contribution in [0.2, 0.25) is 0 Å². The molecule has 2 aromatic rings. The van der Waals surface area contributed by atoms with Gasteiger partial charge >= 0.3 is 24.7 Å². The standard InChI is InChI=1S/C24H16BrF13N2O2/c1-10(19(41)39-9-21(27,28)29)40-20(42)13-4-2-12(6-16(13)24(36,37)38)18(26)8-15(23(33,34)35)11-3-5-14(17(25)7-11)22(30,31)32/h2-8,10,15H,9H2,1H3,(H,39,41)(H,40,42)/b18-8-/t10-,15?/m1/s1. The number of amides is 2. The molecule has 2 N–H and O–H groups in total. The molecular formula is C24H16BrF13N2O2. The van der Waals surface area contributed by atoms with E-state index in [4.69, 9.17) is 0 Å². The van der Waals surface area contributed by atoms with Crippen LogP contribution >= 0.6 is 15.9 Å². The van der Waals surface area contributed by atoms with Crippen LogP contribution in [-0.4, -0.2) is 36.8 Å². The number of alkyl halides is 12. The maximum atomic E-state index is 14.9. The molecule has 0 heterocycles. The van der Waals surface area contributed by atoms with Crippen LogP contribution in [0.15, 0.2) is 46.9 Å². The molecule has 42 heavy (non-hydrogen) atoms. The quantitative estimate of drug-likeness (QED) is 0.290. The second kappa shape index (κ2) is 12.5. The van der Waals surface area contributed by atoms with Gasteiger partial charge in [-0.05, 0) is 42.8 Å². The van der Waals surface area contributed by atoms with Crippen LogP contribution < -0.4 is 10.6 Å². The molecule has 232 valence electrons. The summed E-state index contributed by atoms with van der Waals surface area (Å²) in [5.41, 5.74) is -6.44. The number of carbonyl (C=O) groups is 2. The van der Waals surface area contributed by atoms with Gasteiger partial charge in [0.2, 0.25) is 5.91 Å². The SMILES string of the molecule is C[C@@H](NC(=O)c1ccc(/C(F)=C/C(c2ccc(C(F)(F)F)c(Br)c2)C(F)(F)F)cc1C(F)(F)F)C(=O)NCC(F)(F)F. The van der Waals surface area contributed by atoms with Gasteiger partial charge in [-0.25, -0.2) is 4.39 Å². The van der Waals surface area contributed by atoms with Gasteiger partial charge in [0.05, 0.1) is 16.7 Å². The van der Waals surface area contributed by atoms with Crippen LogP contribution in [0, 0.1) is 0 Å². The van der Waals surface area contributed by atoms with Crippen LogP contribution in [0.1, 0.15) is 45.5 Å². The van der Waals surface area contributed by atoms with E-state index in [9.17, 15) is 66.7 Å². The van der Waals surface area contributed by atoms with E-state index in [2.05, 4.69) is 15.9 Å². The van der Waals surface area contributed by atoms with Crippen molar-refractivity contribution in [3.63, 3.8) is 0 Å². The maximum absolute atomic E-state index is 14.9. The minimum atomic E-state index is -5.41. The molecule has 2 amide bonds. The fraction of sp³-hybridized carbons (Fsp3) is 0.333. The van der Waals surface area contributed by atoms with E-state index in [0.29, 0.717) is 30.3 Å². The first-order valence-corrected chi connectivity index (χ1v) is 11.9. The van der Waals surface area contributed by atoms with Gasteiger partial charge < -0.3 is 10.6 Å². The van der Waals surface area contributed by atoms with Crippen LogP contribution in [-0.2, 0) is 17.1 Å². The molecule has 18 heteroatoms. The van der Waals surface area contributed by atoms with Gasteiger partial charge in [-0.15, -0.1) is 0 Å². The van der Waals surface area contributed by atoms with Crippen molar-refractivity contribution in [2.24, 2.45) is 0 Å². The van der Waals surface area contributed by atoms with Crippen molar-refractivity contribution in [1.29, 1.82) is 0 Å². The molecule has 2 rings (SSSR count). The summed E-state index contributed by atoms with van der Waals surface area (Å²) in [6.45, 7) is -0.951. The largest absolute Gasteiger partial charge is 0.417 e. The Kier molecular flexibility index (Phi) is 10.4. The molecule has 1 unspecified atom stereocenters. The predicted molar refractivity (Wildman–Crippen MR) is 124 cm³/mol. The summed E-state index contributed by atoms with van der Waals surface area (Å²) in [7, 11) is 0. The van der Waals surface area contributed by atoms with E-state index in [1.54, 1.807) is 5.32 Å². The van der Waals surface area contributed by atoms with Crippen molar-refractivity contribution >= 4 is 33.6 Å². The molecule has 2 atom stereocenters. The number of benzene rings is 2. The molecule has 0 aliphatic carbocycles. The highest BCUT2D eigenvalue weighted by molar-refractivity contribution is 9.10. The van der Waals surface area contributed by atoms with E-state index in [-0.39, 0.29) is 12.1 Å². The summed E-state index contributed by atoms with van der Waals surface area (Å²) in [5, 5.41) is 3.12. The summed E-state index contributed by atoms with van der Waals surface area (Å²) in [5.74, 6) is -7.83. The average molecular weight is 691 g/mol. The van der Waals surface area contributed by atoms with E-state index in [1.807, 2.05) is 0 Å². The Bertz CT molecular complexity index is 1350. The lowest BCUT2D eigenvalue weighted by molar-refractivity contribution is -0.140. The highest BCUT2D eigenvalue weighted by atomic mass is 79.9. The zero-order chi connectivity index (χ0) is 32.4. The summed E-state index contributed by atoms with van der Waals surface area (Å²) >= 11 is 2.49. The Labute approximate surface area is 236 Å². The molecule has 0 saturated heterocycles. The van der Waals surface area contributed by atoms with Crippen molar-refractivity contribution in [3.05, 3.63) is 74.8 Å². The maximum Gasteiger partial charge on any atom is 0.417 e. The first-order chi connectivity index (χ1) is 18.9. The topological polar surface area (TPSA) is 58.2 Å². The Morgan fingerprint density at radius 2 is 1.43 bits per heavy atom. The van der Waals surface area contributed by atoms with Crippen LogP contribution in [0.25, 0.3) is 5.83 Å². The Morgan fingerprint density at radius 1 is 0.857 bits per heavy atom. The summed E-state index contributed by atoms with van der Waals surface area (Å²) < 4.78 is 172. The molecular weight excluding hydrogens is 675 g/mol. The van der Waals surface area contributed by atoms with E-state index >= 15 is 0 Å². The summed E-state index contributed by atoms with van der Waals surface area (Å²) in [6.07, 6.45) is -20.7. The molecule has 0 radical (unpaired) electrons. The number of nitrogens with one attached hydrogen (secondary N) is 2. The molecule has 2 aromatic carbocycles. The van der Waals surface area contributed by atoms with E-state index < -0.39 is 93.1 Å². The number of carbonyl (C=O) groups excluding carboxylic acids is 2. The van der Waals surface area contributed by atoms with Crippen molar-refractivity contribution in [2.45, 2.75) is 43.6 Å². The zero-order valence-electron chi connectivity index (χ0n) is 20.5. The Balaban J connectivity index is 2.46. The smallest absolute Gasteiger partial charge is 0.345 e. The third kappa shape index (κ3) is 9.35. The van der Waals surface area contributed by atoms with Crippen LogP contribution in [0.5, 0.6) is 0 Å². The third-order valence-corrected chi connectivity index (χ3v) is 6.03. The second-order valence-electron chi connectivity index (χ2n) is 8.56. The first kappa shape index (κ1) is 34.9. The molecule has 4 nitrogen and oxygen atoms in total. The number of allylic oxidation sites excluding steroid dienone is 1. The first-order valence-electron chi connectivity index (χ1n) is 11.1. The highest BCUT2D eigenvalue weighted by Gasteiger charge is 2.42. The molecule has 0 aliphatic rings. The van der Waals surface area contributed by atoms with Gasteiger partial charge in [-0.2, -0.15) is 52.7 Å². The van der Waals surface area contributed by atoms with Crippen LogP contribution in [0.3, 0.4) is 0 Å². The normalized spacial score (nSPS) is 14.8. The van der Waals surface area contributed by atoms with Crippen molar-refractivity contribution in [3.8, 4) is 0 Å². The number of halogens is 14. The monoisotopic (exact) mass is 690 g/mol. The van der Waals surface area contributed by atoms with Gasteiger partial charge in [0.1, 0.15) is 24.3 Å². The van der Waals surface area contributed by atoms with Crippen molar-refractivity contribution in [1.82, 2.24) is 10.6 Å². The lowest BCUT2D eigenvalue weighted by atomic mass is 9.94. The molecule has 0 fully saturated rings.